The average Bonchev–Trinajstić information content (AvgIpc) is 2.85. The standard InChI is InChI=1S/C11H19N3O2S/c1-3-9(11-12-4-5-13-11)14-10(15)8-17-7-6-16-2/h4-5,9H,3,6-8H2,1-2H3,(H,12,13)(H,14,15). The Kier molecular flexibility index (Phi) is 6.73. The van der Waals surface area contributed by atoms with Crippen molar-refractivity contribution < 1.29 is 9.53 Å². The Morgan fingerprint density at radius 3 is 3.12 bits per heavy atom. The molecule has 1 heterocycles. The molecule has 17 heavy (non-hydrogen) atoms. The van der Waals surface area contributed by atoms with Crippen molar-refractivity contribution in [2.45, 2.75) is 19.4 Å². The molecule has 1 atom stereocenters. The van der Waals surface area contributed by atoms with Gasteiger partial charge in [-0.15, -0.1) is 11.8 Å². The van der Waals surface area contributed by atoms with Gasteiger partial charge in [-0.2, -0.15) is 0 Å². The van der Waals surface area contributed by atoms with Gasteiger partial charge in [0.15, 0.2) is 0 Å². The van der Waals surface area contributed by atoms with E-state index < -0.39 is 0 Å². The van der Waals surface area contributed by atoms with E-state index in [-0.39, 0.29) is 11.9 Å². The molecule has 0 spiro atoms. The molecular weight excluding hydrogens is 238 g/mol. The fraction of sp³-hybridized carbons (Fsp3) is 0.636. The van der Waals surface area contributed by atoms with Crippen molar-refractivity contribution in [1.82, 2.24) is 15.3 Å². The SMILES string of the molecule is CCC(NC(=O)CSCCOC)c1ncc[nH]1. The number of imidazole rings is 1. The average molecular weight is 257 g/mol. The summed E-state index contributed by atoms with van der Waals surface area (Å²) >= 11 is 1.57. The third-order valence-corrected chi connectivity index (χ3v) is 3.18. The summed E-state index contributed by atoms with van der Waals surface area (Å²) in [5.41, 5.74) is 0. The number of aromatic nitrogens is 2. The first-order chi connectivity index (χ1) is 8.27. The summed E-state index contributed by atoms with van der Waals surface area (Å²) in [7, 11) is 1.66. The maximum atomic E-state index is 11.7. The number of aromatic amines is 1. The van der Waals surface area contributed by atoms with Gasteiger partial charge in [0.25, 0.3) is 0 Å². The zero-order valence-corrected chi connectivity index (χ0v) is 11.0. The first-order valence-electron chi connectivity index (χ1n) is 5.63. The van der Waals surface area contributed by atoms with Gasteiger partial charge in [0.1, 0.15) is 5.82 Å². The number of H-pyrrole nitrogens is 1. The number of nitrogens with zero attached hydrogens (tertiary/aromatic N) is 1. The van der Waals surface area contributed by atoms with Crippen molar-refractivity contribution in [3.63, 3.8) is 0 Å². The molecule has 0 saturated heterocycles. The molecule has 5 nitrogen and oxygen atoms in total. The summed E-state index contributed by atoms with van der Waals surface area (Å²) in [6.07, 6.45) is 4.27. The number of hydrogen-bond acceptors (Lipinski definition) is 4. The van der Waals surface area contributed by atoms with Gasteiger partial charge in [0.2, 0.25) is 5.91 Å². The van der Waals surface area contributed by atoms with Gasteiger partial charge in [-0.25, -0.2) is 4.98 Å². The van der Waals surface area contributed by atoms with Crippen molar-refractivity contribution >= 4 is 17.7 Å². The van der Waals surface area contributed by atoms with E-state index in [4.69, 9.17) is 4.74 Å². The van der Waals surface area contributed by atoms with Crippen LogP contribution in [0.25, 0.3) is 0 Å². The minimum Gasteiger partial charge on any atom is -0.384 e. The topological polar surface area (TPSA) is 67.0 Å². The Bertz CT molecular complexity index is 317. The van der Waals surface area contributed by atoms with E-state index >= 15 is 0 Å². The van der Waals surface area contributed by atoms with Gasteiger partial charge in [-0.05, 0) is 6.42 Å². The van der Waals surface area contributed by atoms with E-state index in [0.29, 0.717) is 12.4 Å². The van der Waals surface area contributed by atoms with Crippen LogP contribution in [0.15, 0.2) is 12.4 Å². The Labute approximate surface area is 106 Å². The maximum absolute atomic E-state index is 11.7. The molecule has 0 aromatic carbocycles. The number of thioether (sulfide) groups is 1. The van der Waals surface area contributed by atoms with Crippen LogP contribution in [0, 0.1) is 0 Å². The summed E-state index contributed by atoms with van der Waals surface area (Å²) in [4.78, 5) is 18.8. The molecule has 0 bridgehead atoms. The first-order valence-corrected chi connectivity index (χ1v) is 6.78. The van der Waals surface area contributed by atoms with Crippen LogP contribution in [0.2, 0.25) is 0 Å². The molecule has 0 radical (unpaired) electrons. The molecule has 1 rings (SSSR count). The van der Waals surface area contributed by atoms with Crippen molar-refractivity contribution in [3.05, 3.63) is 18.2 Å². The highest BCUT2D eigenvalue weighted by atomic mass is 32.2. The van der Waals surface area contributed by atoms with E-state index in [1.165, 1.54) is 0 Å². The lowest BCUT2D eigenvalue weighted by Crippen LogP contribution is -2.30. The largest absolute Gasteiger partial charge is 0.384 e. The third kappa shape index (κ3) is 5.23. The molecule has 6 heteroatoms. The lowest BCUT2D eigenvalue weighted by molar-refractivity contribution is -0.119. The summed E-state index contributed by atoms with van der Waals surface area (Å²) in [5, 5.41) is 2.95. The van der Waals surface area contributed by atoms with Crippen LogP contribution in [0.5, 0.6) is 0 Å². The van der Waals surface area contributed by atoms with Crippen LogP contribution in [0.4, 0.5) is 0 Å². The van der Waals surface area contributed by atoms with Gasteiger partial charge >= 0.3 is 0 Å². The maximum Gasteiger partial charge on any atom is 0.230 e. The zero-order valence-electron chi connectivity index (χ0n) is 10.2. The molecule has 2 N–H and O–H groups in total. The Morgan fingerprint density at radius 2 is 2.53 bits per heavy atom. The number of carbonyl (C=O) groups is 1. The molecule has 1 aromatic heterocycles. The summed E-state index contributed by atoms with van der Waals surface area (Å²) < 4.78 is 4.92. The molecule has 96 valence electrons. The lowest BCUT2D eigenvalue weighted by atomic mass is 10.2. The van der Waals surface area contributed by atoms with Gasteiger partial charge in [0, 0.05) is 25.3 Å². The fourth-order valence-electron chi connectivity index (χ4n) is 1.37. The summed E-state index contributed by atoms with van der Waals surface area (Å²) in [6.45, 7) is 2.69. The molecule has 0 saturated carbocycles. The molecule has 1 aromatic rings. The Balaban J connectivity index is 2.28. The van der Waals surface area contributed by atoms with E-state index in [9.17, 15) is 4.79 Å². The monoisotopic (exact) mass is 257 g/mol. The van der Waals surface area contributed by atoms with Gasteiger partial charge < -0.3 is 15.0 Å². The third-order valence-electron chi connectivity index (χ3n) is 2.26. The highest BCUT2D eigenvalue weighted by molar-refractivity contribution is 7.99. The highest BCUT2D eigenvalue weighted by Gasteiger charge is 2.14. The minimum atomic E-state index is -0.0273. The van der Waals surface area contributed by atoms with Crippen LogP contribution in [-0.4, -0.2) is 41.1 Å². The van der Waals surface area contributed by atoms with Crippen LogP contribution in [0.3, 0.4) is 0 Å². The van der Waals surface area contributed by atoms with E-state index in [2.05, 4.69) is 15.3 Å². The van der Waals surface area contributed by atoms with E-state index in [1.54, 1.807) is 31.3 Å². The number of hydrogen-bond donors (Lipinski definition) is 2. The predicted octanol–water partition coefficient (Wildman–Crippen LogP) is 1.36. The van der Waals surface area contributed by atoms with Crippen molar-refractivity contribution in [1.29, 1.82) is 0 Å². The number of carbonyl (C=O) groups excluding carboxylic acids is 1. The molecule has 0 aliphatic heterocycles. The van der Waals surface area contributed by atoms with Gasteiger partial charge in [0.05, 0.1) is 18.4 Å². The quantitative estimate of drug-likeness (QED) is 0.690. The van der Waals surface area contributed by atoms with Crippen molar-refractivity contribution in [2.75, 3.05) is 25.2 Å². The summed E-state index contributed by atoms with van der Waals surface area (Å²) in [6, 6.07) is -0.0273. The molecular formula is C11H19N3O2S. The van der Waals surface area contributed by atoms with E-state index in [1.807, 2.05) is 6.92 Å². The second-order valence-corrected chi connectivity index (χ2v) is 4.65. The number of amides is 1. The minimum absolute atomic E-state index is 0.0273. The van der Waals surface area contributed by atoms with Gasteiger partial charge in [-0.1, -0.05) is 6.92 Å². The van der Waals surface area contributed by atoms with Crippen LogP contribution in [-0.2, 0) is 9.53 Å². The highest BCUT2D eigenvalue weighted by Crippen LogP contribution is 2.11. The van der Waals surface area contributed by atoms with E-state index in [0.717, 1.165) is 18.0 Å². The smallest absolute Gasteiger partial charge is 0.230 e. The molecule has 1 unspecified atom stereocenters. The predicted molar refractivity (Wildman–Crippen MR) is 69.0 cm³/mol. The van der Waals surface area contributed by atoms with Gasteiger partial charge in [-0.3, -0.25) is 4.79 Å². The zero-order chi connectivity index (χ0) is 12.5. The normalized spacial score (nSPS) is 12.4. The number of ether oxygens (including phenoxy) is 1. The van der Waals surface area contributed by atoms with Crippen LogP contribution < -0.4 is 5.32 Å². The molecule has 1 amide bonds. The summed E-state index contributed by atoms with van der Waals surface area (Å²) in [5.74, 6) is 2.14. The lowest BCUT2D eigenvalue weighted by Gasteiger charge is -2.14. The van der Waals surface area contributed by atoms with Crippen LogP contribution in [0.1, 0.15) is 25.2 Å². The number of nitrogens with one attached hydrogen (secondary N) is 2. The van der Waals surface area contributed by atoms with Crippen LogP contribution >= 0.6 is 11.8 Å². The van der Waals surface area contributed by atoms with Crippen molar-refractivity contribution in [3.8, 4) is 0 Å². The second-order valence-electron chi connectivity index (χ2n) is 3.55. The number of methoxy groups -OCH3 is 1. The first kappa shape index (κ1) is 14.1. The Morgan fingerprint density at radius 1 is 1.71 bits per heavy atom. The Hall–Kier alpha value is -1.01. The molecule has 0 aliphatic rings. The molecule has 0 fully saturated rings. The van der Waals surface area contributed by atoms with Crippen molar-refractivity contribution in [2.24, 2.45) is 0 Å². The fourth-order valence-corrected chi connectivity index (χ4v) is 2.07. The number of rotatable bonds is 8. The second kappa shape index (κ2) is 8.14. The molecule has 0 aliphatic carbocycles.